The number of carbonyl (C=O) groups is 1. The number of rotatable bonds is 1. The maximum absolute atomic E-state index is 13.1. The molecule has 1 aromatic carbocycles. The van der Waals surface area contributed by atoms with Crippen molar-refractivity contribution in [1.29, 1.82) is 0 Å². The lowest BCUT2D eigenvalue weighted by Crippen LogP contribution is -2.40. The molecule has 2 amide bonds. The van der Waals surface area contributed by atoms with Crippen molar-refractivity contribution in [2.75, 3.05) is 11.9 Å². The van der Waals surface area contributed by atoms with Crippen molar-refractivity contribution in [2.24, 2.45) is 10.8 Å². The van der Waals surface area contributed by atoms with Crippen molar-refractivity contribution in [3.63, 3.8) is 0 Å². The standard InChI is InChI=1S/C18H23F3N2O/c1-16(2)8-12-9-17(3,10-16)11-23(12)15(24)22-14-7-5-4-6-13(14)18(19,20)21/h4-7,12H,8-11H2,1-3H3,(H,22,24). The number of alkyl halides is 3. The number of urea groups is 1. The predicted octanol–water partition coefficient (Wildman–Crippen LogP) is 5.14. The summed E-state index contributed by atoms with van der Waals surface area (Å²) in [5, 5.41) is 2.48. The first-order valence-electron chi connectivity index (χ1n) is 8.23. The number of halogens is 3. The van der Waals surface area contributed by atoms with Gasteiger partial charge in [-0.3, -0.25) is 0 Å². The summed E-state index contributed by atoms with van der Waals surface area (Å²) in [6.45, 7) is 7.15. The van der Waals surface area contributed by atoms with Crippen LogP contribution in [0.1, 0.15) is 45.6 Å². The lowest BCUT2D eigenvalue weighted by molar-refractivity contribution is -0.136. The molecule has 1 aliphatic carbocycles. The molecule has 1 N–H and O–H groups in total. The van der Waals surface area contributed by atoms with Gasteiger partial charge < -0.3 is 10.2 Å². The van der Waals surface area contributed by atoms with Gasteiger partial charge in [-0.1, -0.05) is 32.9 Å². The molecular formula is C18H23F3N2O. The van der Waals surface area contributed by atoms with E-state index in [0.717, 1.165) is 25.3 Å². The first kappa shape index (κ1) is 17.1. The fraction of sp³-hybridized carbons (Fsp3) is 0.611. The summed E-state index contributed by atoms with van der Waals surface area (Å²) in [6, 6.07) is 4.77. The van der Waals surface area contributed by atoms with E-state index in [9.17, 15) is 18.0 Å². The van der Waals surface area contributed by atoms with Crippen LogP contribution in [0.2, 0.25) is 0 Å². The molecule has 2 unspecified atom stereocenters. The number of likely N-dealkylation sites (tertiary alicyclic amines) is 1. The predicted molar refractivity (Wildman–Crippen MR) is 86.7 cm³/mol. The molecule has 2 fully saturated rings. The van der Waals surface area contributed by atoms with Crippen LogP contribution in [-0.2, 0) is 6.18 Å². The van der Waals surface area contributed by atoms with Crippen LogP contribution in [0.5, 0.6) is 0 Å². The summed E-state index contributed by atoms with van der Waals surface area (Å²) in [5.74, 6) is 0. The van der Waals surface area contributed by atoms with Crippen LogP contribution in [-0.4, -0.2) is 23.5 Å². The fourth-order valence-electron chi connectivity index (χ4n) is 4.72. The van der Waals surface area contributed by atoms with Crippen LogP contribution < -0.4 is 5.32 Å². The van der Waals surface area contributed by atoms with Crippen molar-refractivity contribution >= 4 is 11.7 Å². The van der Waals surface area contributed by atoms with Gasteiger partial charge in [0.2, 0.25) is 0 Å². The fourth-order valence-corrected chi connectivity index (χ4v) is 4.72. The molecule has 3 rings (SSSR count). The summed E-state index contributed by atoms with van der Waals surface area (Å²) in [7, 11) is 0. The van der Waals surface area contributed by atoms with E-state index in [1.54, 1.807) is 4.90 Å². The van der Waals surface area contributed by atoms with Gasteiger partial charge in [0.05, 0.1) is 11.3 Å². The van der Waals surface area contributed by atoms with Gasteiger partial charge in [0.15, 0.2) is 0 Å². The first-order valence-corrected chi connectivity index (χ1v) is 8.23. The lowest BCUT2D eigenvalue weighted by Gasteiger charge is -2.39. The molecule has 1 aliphatic heterocycles. The maximum Gasteiger partial charge on any atom is 0.418 e. The van der Waals surface area contributed by atoms with Gasteiger partial charge in [0.1, 0.15) is 0 Å². The average Bonchev–Trinajstić information content (AvgIpc) is 2.67. The van der Waals surface area contributed by atoms with Gasteiger partial charge in [0, 0.05) is 12.6 Å². The molecule has 1 saturated carbocycles. The van der Waals surface area contributed by atoms with Gasteiger partial charge in [-0.05, 0) is 42.2 Å². The minimum Gasteiger partial charge on any atom is -0.321 e. The molecule has 132 valence electrons. The summed E-state index contributed by atoms with van der Waals surface area (Å²) in [5.41, 5.74) is -0.794. The van der Waals surface area contributed by atoms with E-state index in [-0.39, 0.29) is 22.6 Å². The zero-order valence-electron chi connectivity index (χ0n) is 14.2. The zero-order valence-corrected chi connectivity index (χ0v) is 14.2. The SMILES string of the molecule is CC1(C)CC2CC(C)(CN2C(=O)Nc2ccccc2C(F)(F)F)C1. The van der Waals surface area contributed by atoms with Crippen LogP contribution in [0.4, 0.5) is 23.7 Å². The second kappa shape index (κ2) is 5.39. The topological polar surface area (TPSA) is 32.3 Å². The Bertz CT molecular complexity index is 656. The number of carbonyl (C=O) groups excluding carboxylic acids is 1. The van der Waals surface area contributed by atoms with Crippen molar-refractivity contribution in [3.8, 4) is 0 Å². The monoisotopic (exact) mass is 340 g/mol. The minimum atomic E-state index is -4.49. The van der Waals surface area contributed by atoms with Gasteiger partial charge in [-0.15, -0.1) is 0 Å². The van der Waals surface area contributed by atoms with Crippen LogP contribution in [0.25, 0.3) is 0 Å². The Labute approximate surface area is 140 Å². The van der Waals surface area contributed by atoms with E-state index in [0.29, 0.717) is 6.54 Å². The lowest BCUT2D eigenvalue weighted by atomic mass is 9.65. The summed E-state index contributed by atoms with van der Waals surface area (Å²) < 4.78 is 39.3. The van der Waals surface area contributed by atoms with E-state index < -0.39 is 17.8 Å². The third-order valence-electron chi connectivity index (χ3n) is 5.15. The Morgan fingerprint density at radius 3 is 2.54 bits per heavy atom. The van der Waals surface area contributed by atoms with Crippen LogP contribution in [0.15, 0.2) is 24.3 Å². The number of nitrogens with one attached hydrogen (secondary N) is 1. The van der Waals surface area contributed by atoms with Gasteiger partial charge >= 0.3 is 12.2 Å². The summed E-state index contributed by atoms with van der Waals surface area (Å²) in [6.07, 6.45) is -1.65. The van der Waals surface area contributed by atoms with Crippen molar-refractivity contribution < 1.29 is 18.0 Å². The number of benzene rings is 1. The van der Waals surface area contributed by atoms with E-state index in [4.69, 9.17) is 0 Å². The minimum absolute atomic E-state index is 0.0489. The van der Waals surface area contributed by atoms with Gasteiger partial charge in [0.25, 0.3) is 0 Å². The highest BCUT2D eigenvalue weighted by Gasteiger charge is 2.51. The Balaban J connectivity index is 1.80. The quantitative estimate of drug-likeness (QED) is 0.754. The second-order valence-electron chi connectivity index (χ2n) is 8.32. The molecule has 6 heteroatoms. The molecule has 0 radical (unpaired) electrons. The van der Waals surface area contributed by atoms with E-state index in [1.165, 1.54) is 18.2 Å². The molecule has 0 spiro atoms. The molecule has 0 aromatic heterocycles. The van der Waals surface area contributed by atoms with Crippen LogP contribution >= 0.6 is 0 Å². The molecule has 24 heavy (non-hydrogen) atoms. The molecule has 2 atom stereocenters. The van der Waals surface area contributed by atoms with Gasteiger partial charge in [-0.25, -0.2) is 4.79 Å². The van der Waals surface area contributed by atoms with Crippen molar-refractivity contribution in [3.05, 3.63) is 29.8 Å². The van der Waals surface area contributed by atoms with E-state index in [2.05, 4.69) is 26.1 Å². The number of hydrogen-bond acceptors (Lipinski definition) is 1. The Hall–Kier alpha value is -1.72. The Kier molecular flexibility index (Phi) is 3.85. The first-order chi connectivity index (χ1) is 11.0. The van der Waals surface area contributed by atoms with E-state index >= 15 is 0 Å². The number of anilines is 1. The molecular weight excluding hydrogens is 317 g/mol. The summed E-state index contributed by atoms with van der Waals surface area (Å²) in [4.78, 5) is 14.4. The summed E-state index contributed by atoms with van der Waals surface area (Å²) >= 11 is 0. The third kappa shape index (κ3) is 3.23. The van der Waals surface area contributed by atoms with Gasteiger partial charge in [-0.2, -0.15) is 13.2 Å². The molecule has 1 aromatic rings. The Morgan fingerprint density at radius 1 is 1.21 bits per heavy atom. The normalized spacial score (nSPS) is 28.8. The molecule has 2 bridgehead atoms. The largest absolute Gasteiger partial charge is 0.418 e. The number of para-hydroxylation sites is 1. The number of fused-ring (bicyclic) bond motifs is 2. The maximum atomic E-state index is 13.1. The molecule has 2 aliphatic rings. The Morgan fingerprint density at radius 2 is 1.88 bits per heavy atom. The molecule has 1 saturated heterocycles. The second-order valence-corrected chi connectivity index (χ2v) is 8.32. The highest BCUT2D eigenvalue weighted by atomic mass is 19.4. The molecule has 1 heterocycles. The number of nitrogens with zero attached hydrogens (tertiary/aromatic N) is 1. The highest BCUT2D eigenvalue weighted by Crippen LogP contribution is 2.52. The smallest absolute Gasteiger partial charge is 0.321 e. The van der Waals surface area contributed by atoms with Crippen LogP contribution in [0.3, 0.4) is 0 Å². The number of amides is 2. The zero-order chi connectivity index (χ0) is 17.8. The van der Waals surface area contributed by atoms with Crippen LogP contribution in [0, 0.1) is 10.8 Å². The number of hydrogen-bond donors (Lipinski definition) is 1. The third-order valence-corrected chi connectivity index (χ3v) is 5.15. The van der Waals surface area contributed by atoms with E-state index in [1.807, 2.05) is 0 Å². The average molecular weight is 340 g/mol. The molecule has 3 nitrogen and oxygen atoms in total. The highest BCUT2D eigenvalue weighted by molar-refractivity contribution is 5.90. The van der Waals surface area contributed by atoms with Crippen molar-refractivity contribution in [2.45, 2.75) is 52.3 Å². The van der Waals surface area contributed by atoms with Crippen molar-refractivity contribution in [1.82, 2.24) is 4.90 Å².